The third-order valence-corrected chi connectivity index (χ3v) is 7.61. The van der Waals surface area contributed by atoms with E-state index in [0.29, 0.717) is 38.3 Å². The van der Waals surface area contributed by atoms with Crippen LogP contribution in [0.4, 0.5) is 4.39 Å². The van der Waals surface area contributed by atoms with Gasteiger partial charge in [-0.2, -0.15) is 4.31 Å². The van der Waals surface area contributed by atoms with Crippen molar-refractivity contribution < 1.29 is 22.7 Å². The number of carbonyl (C=O) groups excluding carboxylic acids is 1. The van der Waals surface area contributed by atoms with Crippen molar-refractivity contribution in [1.82, 2.24) is 9.21 Å². The smallest absolute Gasteiger partial charge is 0.254 e. The Bertz CT molecular complexity index is 773. The first-order valence-electron chi connectivity index (χ1n) is 9.50. The third kappa shape index (κ3) is 4.33. The number of halogens is 1. The molecule has 8 heteroatoms. The summed E-state index contributed by atoms with van der Waals surface area (Å²) in [6.45, 7) is 3.24. The van der Waals surface area contributed by atoms with E-state index >= 15 is 0 Å². The molecule has 1 aromatic rings. The van der Waals surface area contributed by atoms with Crippen LogP contribution in [0.25, 0.3) is 0 Å². The summed E-state index contributed by atoms with van der Waals surface area (Å²) >= 11 is 0. The summed E-state index contributed by atoms with van der Waals surface area (Å²) < 4.78 is 40.0. The topological polar surface area (TPSA) is 77.9 Å². The van der Waals surface area contributed by atoms with Gasteiger partial charge >= 0.3 is 0 Å². The summed E-state index contributed by atoms with van der Waals surface area (Å²) in [6.07, 6.45) is 3.06. The molecular formula is C19H27FN2O4S. The average molecular weight is 399 g/mol. The number of carbonyl (C=O) groups is 1. The first-order valence-corrected chi connectivity index (χ1v) is 10.9. The van der Waals surface area contributed by atoms with E-state index in [1.165, 1.54) is 16.4 Å². The van der Waals surface area contributed by atoms with Gasteiger partial charge in [0, 0.05) is 26.2 Å². The zero-order chi connectivity index (χ0) is 19.7. The third-order valence-electron chi connectivity index (χ3n) is 5.69. The van der Waals surface area contributed by atoms with Crippen LogP contribution in [0.3, 0.4) is 0 Å². The lowest BCUT2D eigenvalue weighted by molar-refractivity contribution is -0.155. The maximum absolute atomic E-state index is 13.1. The van der Waals surface area contributed by atoms with Crippen LogP contribution < -0.4 is 0 Å². The number of benzene rings is 1. The van der Waals surface area contributed by atoms with Crippen LogP contribution >= 0.6 is 0 Å². The van der Waals surface area contributed by atoms with Gasteiger partial charge in [-0.15, -0.1) is 0 Å². The van der Waals surface area contributed by atoms with Crippen molar-refractivity contribution in [3.05, 3.63) is 30.1 Å². The Morgan fingerprint density at radius 1 is 1.11 bits per heavy atom. The van der Waals surface area contributed by atoms with Gasteiger partial charge in [-0.05, 0) is 62.3 Å². The van der Waals surface area contributed by atoms with Crippen molar-refractivity contribution in [3.8, 4) is 0 Å². The number of amides is 1. The summed E-state index contributed by atoms with van der Waals surface area (Å²) in [5.74, 6) is -0.259. The number of rotatable bonds is 3. The van der Waals surface area contributed by atoms with Crippen molar-refractivity contribution in [1.29, 1.82) is 0 Å². The second kappa shape index (κ2) is 7.85. The minimum absolute atomic E-state index is 0.0450. The van der Waals surface area contributed by atoms with E-state index < -0.39 is 21.4 Å². The van der Waals surface area contributed by atoms with Crippen molar-refractivity contribution in [3.63, 3.8) is 0 Å². The molecule has 1 aliphatic heterocycles. The molecule has 1 saturated heterocycles. The molecule has 150 valence electrons. The van der Waals surface area contributed by atoms with Crippen LogP contribution in [0.5, 0.6) is 0 Å². The number of sulfonamides is 1. The Hall–Kier alpha value is -1.51. The van der Waals surface area contributed by atoms with Gasteiger partial charge in [0.1, 0.15) is 11.4 Å². The molecule has 1 amide bonds. The fourth-order valence-electron chi connectivity index (χ4n) is 3.84. The molecule has 0 unspecified atom stereocenters. The van der Waals surface area contributed by atoms with E-state index in [-0.39, 0.29) is 23.9 Å². The van der Waals surface area contributed by atoms with E-state index in [4.69, 9.17) is 0 Å². The number of hydrogen-bond acceptors (Lipinski definition) is 4. The molecule has 1 heterocycles. The lowest BCUT2D eigenvalue weighted by Crippen LogP contribution is -2.51. The lowest BCUT2D eigenvalue weighted by Gasteiger charge is -2.37. The average Bonchev–Trinajstić information content (AvgIpc) is 2.91. The van der Waals surface area contributed by atoms with Gasteiger partial charge in [0.2, 0.25) is 10.0 Å². The fourth-order valence-corrected chi connectivity index (χ4v) is 5.31. The molecule has 2 fully saturated rings. The van der Waals surface area contributed by atoms with Crippen molar-refractivity contribution >= 4 is 15.9 Å². The van der Waals surface area contributed by atoms with E-state index in [1.54, 1.807) is 4.90 Å². The Morgan fingerprint density at radius 2 is 1.74 bits per heavy atom. The molecule has 0 aromatic heterocycles. The largest absolute Gasteiger partial charge is 0.380 e. The predicted molar refractivity (Wildman–Crippen MR) is 98.9 cm³/mol. The predicted octanol–water partition coefficient (Wildman–Crippen LogP) is 1.99. The van der Waals surface area contributed by atoms with Gasteiger partial charge in [-0.25, -0.2) is 12.8 Å². The standard InChI is InChI=1S/C19H27FN2O4S/c1-15-7-9-19(24,10-8-15)18(23)21-11-2-12-22(14-13-21)27(25,26)17-5-3-16(20)4-6-17/h3-6,15,24H,2,7-14H2,1H3. The molecule has 1 saturated carbocycles. The first-order chi connectivity index (χ1) is 12.7. The summed E-state index contributed by atoms with van der Waals surface area (Å²) in [4.78, 5) is 14.5. The molecule has 2 aliphatic rings. The zero-order valence-corrected chi connectivity index (χ0v) is 16.4. The quantitative estimate of drug-likeness (QED) is 0.845. The van der Waals surface area contributed by atoms with Gasteiger partial charge in [-0.3, -0.25) is 4.79 Å². The fraction of sp³-hybridized carbons (Fsp3) is 0.632. The van der Waals surface area contributed by atoms with E-state index in [9.17, 15) is 22.7 Å². The van der Waals surface area contributed by atoms with Gasteiger partial charge in [-0.1, -0.05) is 6.92 Å². The number of aliphatic hydroxyl groups is 1. The number of nitrogens with zero attached hydrogens (tertiary/aromatic N) is 2. The normalized spacial score (nSPS) is 28.0. The second-order valence-corrected chi connectivity index (χ2v) is 9.66. The lowest BCUT2D eigenvalue weighted by atomic mass is 9.79. The molecule has 27 heavy (non-hydrogen) atoms. The Kier molecular flexibility index (Phi) is 5.88. The summed E-state index contributed by atoms with van der Waals surface area (Å²) in [7, 11) is -3.73. The second-order valence-electron chi connectivity index (χ2n) is 7.72. The van der Waals surface area contributed by atoms with Crippen LogP contribution in [-0.2, 0) is 14.8 Å². The zero-order valence-electron chi connectivity index (χ0n) is 15.6. The maximum Gasteiger partial charge on any atom is 0.254 e. The first kappa shape index (κ1) is 20.2. The van der Waals surface area contributed by atoms with Gasteiger partial charge in [0.05, 0.1) is 4.90 Å². The Morgan fingerprint density at radius 3 is 2.37 bits per heavy atom. The molecule has 1 aromatic carbocycles. The summed E-state index contributed by atoms with van der Waals surface area (Å²) in [5.41, 5.74) is -1.32. The van der Waals surface area contributed by atoms with E-state index in [1.807, 2.05) is 0 Å². The van der Waals surface area contributed by atoms with Crippen LogP contribution in [0, 0.1) is 11.7 Å². The van der Waals surface area contributed by atoms with Gasteiger partial charge < -0.3 is 10.0 Å². The highest BCUT2D eigenvalue weighted by Crippen LogP contribution is 2.33. The molecule has 3 rings (SSSR count). The minimum atomic E-state index is -3.73. The number of hydrogen-bond donors (Lipinski definition) is 1. The van der Waals surface area contributed by atoms with Crippen molar-refractivity contribution in [2.75, 3.05) is 26.2 Å². The SMILES string of the molecule is CC1CCC(O)(C(=O)N2CCCN(S(=O)(=O)c3ccc(F)cc3)CC2)CC1. The Balaban J connectivity index is 1.68. The summed E-state index contributed by atoms with van der Waals surface area (Å²) in [5, 5.41) is 10.8. The monoisotopic (exact) mass is 398 g/mol. The van der Waals surface area contributed by atoms with Crippen LogP contribution in [0.1, 0.15) is 39.0 Å². The molecule has 0 bridgehead atoms. The van der Waals surface area contributed by atoms with E-state index in [0.717, 1.165) is 25.0 Å². The Labute approximate surface area is 160 Å². The molecule has 1 aliphatic carbocycles. The molecule has 6 nitrogen and oxygen atoms in total. The summed E-state index contributed by atoms with van der Waals surface area (Å²) in [6, 6.07) is 4.76. The van der Waals surface area contributed by atoms with E-state index in [2.05, 4.69) is 6.92 Å². The van der Waals surface area contributed by atoms with Gasteiger partial charge in [0.15, 0.2) is 0 Å². The van der Waals surface area contributed by atoms with Gasteiger partial charge in [0.25, 0.3) is 5.91 Å². The highest BCUT2D eigenvalue weighted by Gasteiger charge is 2.42. The highest BCUT2D eigenvalue weighted by atomic mass is 32.2. The van der Waals surface area contributed by atoms with Crippen molar-refractivity contribution in [2.24, 2.45) is 5.92 Å². The molecule has 0 radical (unpaired) electrons. The highest BCUT2D eigenvalue weighted by molar-refractivity contribution is 7.89. The van der Waals surface area contributed by atoms with Crippen LogP contribution in [0.15, 0.2) is 29.2 Å². The van der Waals surface area contributed by atoms with Crippen LogP contribution in [0.2, 0.25) is 0 Å². The molecular weight excluding hydrogens is 371 g/mol. The van der Waals surface area contributed by atoms with Crippen molar-refractivity contribution in [2.45, 2.75) is 49.5 Å². The molecule has 0 atom stereocenters. The van der Waals surface area contributed by atoms with Crippen LogP contribution in [-0.4, -0.2) is 60.4 Å². The molecule has 0 spiro atoms. The minimum Gasteiger partial charge on any atom is -0.380 e. The molecule has 1 N–H and O–H groups in total. The maximum atomic E-state index is 13.1.